The normalized spacial score (nSPS) is 12.0. The molecule has 1 atom stereocenters. The summed E-state index contributed by atoms with van der Waals surface area (Å²) in [6.07, 6.45) is 0.282. The molecular weight excluding hydrogens is 474 g/mol. The summed E-state index contributed by atoms with van der Waals surface area (Å²) in [7, 11) is -3.79. The Morgan fingerprint density at radius 2 is 1.71 bits per heavy atom. The highest BCUT2D eigenvalue weighted by Crippen LogP contribution is 2.21. The van der Waals surface area contributed by atoms with Gasteiger partial charge in [0.05, 0.1) is 0 Å². The number of nitrogens with one attached hydrogen (secondary N) is 3. The lowest BCUT2D eigenvalue weighted by Crippen LogP contribution is -2.44. The third-order valence-electron chi connectivity index (χ3n) is 4.87. The number of alkyl carbamates (subject to hydrolysis) is 1. The lowest BCUT2D eigenvalue weighted by molar-refractivity contribution is -0.118. The fourth-order valence-electron chi connectivity index (χ4n) is 3.15. The number of amides is 2. The Morgan fingerprint density at radius 3 is 2.40 bits per heavy atom. The molecular formula is C23H27N5O6S. The molecule has 3 rings (SSSR count). The van der Waals surface area contributed by atoms with E-state index in [9.17, 15) is 18.0 Å². The van der Waals surface area contributed by atoms with E-state index in [2.05, 4.69) is 20.5 Å². The van der Waals surface area contributed by atoms with Gasteiger partial charge in [0, 0.05) is 18.2 Å². The smallest absolute Gasteiger partial charge is 0.408 e. The molecule has 186 valence electrons. The minimum Gasteiger partial charge on any atom is -0.445 e. The highest BCUT2D eigenvalue weighted by Gasteiger charge is 2.23. The number of benzene rings is 2. The van der Waals surface area contributed by atoms with Gasteiger partial charge in [-0.3, -0.25) is 10.1 Å². The first-order valence-corrected chi connectivity index (χ1v) is 12.4. The van der Waals surface area contributed by atoms with E-state index in [1.165, 1.54) is 0 Å². The van der Waals surface area contributed by atoms with E-state index >= 15 is 0 Å². The van der Waals surface area contributed by atoms with Crippen molar-refractivity contribution in [2.75, 3.05) is 11.9 Å². The molecule has 0 aliphatic heterocycles. The van der Waals surface area contributed by atoms with Gasteiger partial charge in [0.25, 0.3) is 10.2 Å². The van der Waals surface area contributed by atoms with Crippen LogP contribution in [-0.4, -0.2) is 38.2 Å². The van der Waals surface area contributed by atoms with Gasteiger partial charge in [0.15, 0.2) is 0 Å². The second-order valence-electron chi connectivity index (χ2n) is 7.63. The van der Waals surface area contributed by atoms with Crippen LogP contribution in [0.1, 0.15) is 24.8 Å². The Hall–Kier alpha value is -3.74. The summed E-state index contributed by atoms with van der Waals surface area (Å²) in [6, 6.07) is 19.0. The Bertz CT molecular complexity index is 1200. The van der Waals surface area contributed by atoms with E-state index in [-0.39, 0.29) is 25.5 Å². The van der Waals surface area contributed by atoms with Crippen LogP contribution in [-0.2, 0) is 26.3 Å². The standard InChI is InChI=1S/C23H27N5O6S/c24-35(31,32)25-14-8-7-13-19(26-23(30)33-16-17-9-3-1-4-10-17)22(29)27-21-15-20(28-34-21)18-11-5-2-6-12-18/h1-6,9-12,15,19,25H,7-8,13-14,16H2,(H,26,30)(H,27,29)(H2,24,31,32)/t19-/m0/s1. The zero-order chi connectivity index (χ0) is 25.1. The van der Waals surface area contributed by atoms with Gasteiger partial charge in [-0.1, -0.05) is 65.8 Å². The van der Waals surface area contributed by atoms with Gasteiger partial charge in [-0.2, -0.15) is 8.42 Å². The molecule has 5 N–H and O–H groups in total. The van der Waals surface area contributed by atoms with E-state index in [0.717, 1.165) is 11.1 Å². The Labute approximate surface area is 203 Å². The predicted octanol–water partition coefficient (Wildman–Crippen LogP) is 2.54. The Balaban J connectivity index is 1.59. The van der Waals surface area contributed by atoms with E-state index in [1.807, 2.05) is 60.7 Å². The van der Waals surface area contributed by atoms with Crippen LogP contribution in [0.15, 0.2) is 71.3 Å². The molecule has 0 spiro atoms. The van der Waals surface area contributed by atoms with Crippen molar-refractivity contribution in [1.29, 1.82) is 0 Å². The molecule has 35 heavy (non-hydrogen) atoms. The van der Waals surface area contributed by atoms with Gasteiger partial charge in [-0.15, -0.1) is 0 Å². The van der Waals surface area contributed by atoms with Gasteiger partial charge >= 0.3 is 6.09 Å². The van der Waals surface area contributed by atoms with Crippen molar-refractivity contribution in [3.05, 3.63) is 72.3 Å². The molecule has 0 aliphatic carbocycles. The van der Waals surface area contributed by atoms with Crippen LogP contribution in [0.3, 0.4) is 0 Å². The fourth-order valence-corrected chi connectivity index (χ4v) is 3.58. The minimum atomic E-state index is -3.79. The van der Waals surface area contributed by atoms with Crippen LogP contribution in [0.4, 0.5) is 10.7 Å². The number of carbonyl (C=O) groups is 2. The number of aromatic nitrogens is 1. The molecule has 0 fully saturated rings. The number of ether oxygens (including phenoxy) is 1. The van der Waals surface area contributed by atoms with Crippen LogP contribution >= 0.6 is 0 Å². The molecule has 1 aromatic heterocycles. The van der Waals surface area contributed by atoms with Crippen LogP contribution < -0.4 is 20.5 Å². The maximum atomic E-state index is 12.9. The molecule has 2 amide bonds. The molecule has 0 bridgehead atoms. The average molecular weight is 502 g/mol. The first-order valence-electron chi connectivity index (χ1n) is 10.9. The number of nitrogens with two attached hydrogens (primary N) is 1. The maximum absolute atomic E-state index is 12.9. The van der Waals surface area contributed by atoms with Crippen molar-refractivity contribution in [2.45, 2.75) is 31.9 Å². The number of rotatable bonds is 12. The summed E-state index contributed by atoms with van der Waals surface area (Å²) in [4.78, 5) is 25.2. The fraction of sp³-hybridized carbons (Fsp3) is 0.261. The van der Waals surface area contributed by atoms with Crippen molar-refractivity contribution in [3.8, 4) is 11.3 Å². The summed E-state index contributed by atoms with van der Waals surface area (Å²) in [5.41, 5.74) is 2.16. The summed E-state index contributed by atoms with van der Waals surface area (Å²) in [5.74, 6) is -0.411. The summed E-state index contributed by atoms with van der Waals surface area (Å²) >= 11 is 0. The van der Waals surface area contributed by atoms with Crippen LogP contribution in [0.25, 0.3) is 11.3 Å². The third-order valence-corrected chi connectivity index (χ3v) is 5.48. The maximum Gasteiger partial charge on any atom is 0.408 e. The molecule has 2 aromatic carbocycles. The zero-order valence-corrected chi connectivity index (χ0v) is 19.7. The highest BCUT2D eigenvalue weighted by atomic mass is 32.2. The number of nitrogens with zero attached hydrogens (tertiary/aromatic N) is 1. The van der Waals surface area contributed by atoms with Crippen molar-refractivity contribution in [1.82, 2.24) is 15.2 Å². The minimum absolute atomic E-state index is 0.0435. The first kappa shape index (κ1) is 25.9. The topological polar surface area (TPSA) is 166 Å². The summed E-state index contributed by atoms with van der Waals surface area (Å²) in [6.45, 7) is 0.149. The highest BCUT2D eigenvalue weighted by molar-refractivity contribution is 7.87. The van der Waals surface area contributed by atoms with Gasteiger partial charge < -0.3 is 14.6 Å². The molecule has 0 unspecified atom stereocenters. The number of carbonyl (C=O) groups excluding carboxylic acids is 2. The molecule has 3 aromatic rings. The monoisotopic (exact) mass is 501 g/mol. The molecule has 0 saturated heterocycles. The van der Waals surface area contributed by atoms with Gasteiger partial charge in [-0.25, -0.2) is 14.7 Å². The lowest BCUT2D eigenvalue weighted by Gasteiger charge is -2.17. The predicted molar refractivity (Wildman–Crippen MR) is 129 cm³/mol. The molecule has 1 heterocycles. The van der Waals surface area contributed by atoms with Crippen molar-refractivity contribution in [3.63, 3.8) is 0 Å². The van der Waals surface area contributed by atoms with Gasteiger partial charge in [0.1, 0.15) is 18.3 Å². The van der Waals surface area contributed by atoms with Gasteiger partial charge in [-0.05, 0) is 24.8 Å². The van der Waals surface area contributed by atoms with E-state index in [1.54, 1.807) is 6.07 Å². The van der Waals surface area contributed by atoms with E-state index < -0.39 is 28.3 Å². The number of anilines is 1. The van der Waals surface area contributed by atoms with Crippen LogP contribution in [0.2, 0.25) is 0 Å². The molecule has 11 nitrogen and oxygen atoms in total. The molecule has 0 aliphatic rings. The van der Waals surface area contributed by atoms with Crippen LogP contribution in [0, 0.1) is 0 Å². The summed E-state index contributed by atoms with van der Waals surface area (Å²) in [5, 5.41) is 14.0. The third kappa shape index (κ3) is 9.20. The Kier molecular flexibility index (Phi) is 9.35. The Morgan fingerprint density at radius 1 is 1.03 bits per heavy atom. The lowest BCUT2D eigenvalue weighted by atomic mass is 10.1. The van der Waals surface area contributed by atoms with E-state index in [4.69, 9.17) is 14.4 Å². The molecule has 12 heteroatoms. The SMILES string of the molecule is NS(=O)(=O)NCCCC[C@H](NC(=O)OCc1ccccc1)C(=O)Nc1cc(-c2ccccc2)no1. The summed E-state index contributed by atoms with van der Waals surface area (Å²) < 4.78 is 34.6. The quantitative estimate of drug-likeness (QED) is 0.277. The molecule has 0 saturated carbocycles. The zero-order valence-electron chi connectivity index (χ0n) is 18.8. The number of unbranched alkanes of at least 4 members (excludes halogenated alkanes) is 1. The second-order valence-corrected chi connectivity index (χ2v) is 9.00. The second kappa shape index (κ2) is 12.6. The van der Waals surface area contributed by atoms with Crippen molar-refractivity contribution < 1.29 is 27.3 Å². The van der Waals surface area contributed by atoms with E-state index in [0.29, 0.717) is 18.5 Å². The first-order chi connectivity index (χ1) is 16.8. The largest absolute Gasteiger partial charge is 0.445 e. The van der Waals surface area contributed by atoms with Crippen molar-refractivity contribution >= 4 is 28.1 Å². The number of hydrogen-bond acceptors (Lipinski definition) is 7. The van der Waals surface area contributed by atoms with Crippen LogP contribution in [0.5, 0.6) is 0 Å². The average Bonchev–Trinajstić information content (AvgIpc) is 3.31. The van der Waals surface area contributed by atoms with Crippen molar-refractivity contribution in [2.24, 2.45) is 5.14 Å². The van der Waals surface area contributed by atoms with Gasteiger partial charge in [0.2, 0.25) is 11.8 Å². The molecule has 0 radical (unpaired) electrons. The number of hydrogen-bond donors (Lipinski definition) is 4.